The van der Waals surface area contributed by atoms with Gasteiger partial charge in [-0.05, 0) is 20.0 Å². The molecule has 0 radical (unpaired) electrons. The fraction of sp³-hybridized carbons (Fsp3) is 0.333. The van der Waals surface area contributed by atoms with Crippen molar-refractivity contribution in [3.8, 4) is 5.75 Å². The molecule has 0 amide bonds. The van der Waals surface area contributed by atoms with Gasteiger partial charge in [-0.1, -0.05) is 30.9 Å². The lowest BCUT2D eigenvalue weighted by Gasteiger charge is -2.15. The van der Waals surface area contributed by atoms with Crippen LogP contribution in [0.3, 0.4) is 0 Å². The molecule has 0 spiro atoms. The second-order valence-corrected chi connectivity index (χ2v) is 3.15. The van der Waals surface area contributed by atoms with Gasteiger partial charge in [-0.3, -0.25) is 0 Å². The third-order valence-electron chi connectivity index (χ3n) is 2.18. The lowest BCUT2D eigenvalue weighted by atomic mass is 10.1. The van der Waals surface area contributed by atoms with Gasteiger partial charge in [0.05, 0.1) is 0 Å². The van der Waals surface area contributed by atoms with Gasteiger partial charge in [-0.15, -0.1) is 0 Å². The van der Waals surface area contributed by atoms with Gasteiger partial charge in [0.2, 0.25) is 0 Å². The van der Waals surface area contributed by atoms with Crippen LogP contribution >= 0.6 is 0 Å². The molecule has 1 N–H and O–H groups in total. The zero-order chi connectivity index (χ0) is 10.4. The lowest BCUT2D eigenvalue weighted by molar-refractivity contribution is 0.355. The molecule has 1 rings (SSSR count). The number of hydrogen-bond donors (Lipinski definition) is 1. The van der Waals surface area contributed by atoms with Crippen LogP contribution in [-0.2, 0) is 0 Å². The molecular weight excluding hydrogens is 174 g/mol. The van der Waals surface area contributed by atoms with Crippen LogP contribution < -0.4 is 10.1 Å². The van der Waals surface area contributed by atoms with Crippen LogP contribution in [0.2, 0.25) is 0 Å². The fourth-order valence-corrected chi connectivity index (χ4v) is 1.27. The summed E-state index contributed by atoms with van der Waals surface area (Å²) in [7, 11) is 1.94. The molecule has 0 aliphatic rings. The van der Waals surface area contributed by atoms with Crippen LogP contribution in [0.4, 0.5) is 0 Å². The SMILES string of the molecule is C=CCOc1ccccc1C(C)NC. The average Bonchev–Trinajstić information content (AvgIpc) is 2.25. The van der Waals surface area contributed by atoms with Gasteiger partial charge in [0.15, 0.2) is 0 Å². The Morgan fingerprint density at radius 1 is 1.50 bits per heavy atom. The Labute approximate surface area is 85.6 Å². The molecule has 0 heterocycles. The summed E-state index contributed by atoms with van der Waals surface area (Å²) in [5.41, 5.74) is 1.18. The van der Waals surface area contributed by atoms with Crippen molar-refractivity contribution in [2.45, 2.75) is 13.0 Å². The number of nitrogens with one attached hydrogen (secondary N) is 1. The van der Waals surface area contributed by atoms with E-state index in [4.69, 9.17) is 4.74 Å². The summed E-state index contributed by atoms with van der Waals surface area (Å²) in [5, 5.41) is 3.19. The van der Waals surface area contributed by atoms with Gasteiger partial charge in [-0.2, -0.15) is 0 Å². The maximum atomic E-state index is 5.55. The number of benzene rings is 1. The average molecular weight is 191 g/mol. The van der Waals surface area contributed by atoms with E-state index < -0.39 is 0 Å². The summed E-state index contributed by atoms with van der Waals surface area (Å²) >= 11 is 0. The Balaban J connectivity index is 2.84. The zero-order valence-corrected chi connectivity index (χ0v) is 8.79. The summed E-state index contributed by atoms with van der Waals surface area (Å²) < 4.78 is 5.55. The van der Waals surface area contributed by atoms with E-state index in [-0.39, 0.29) is 0 Å². The predicted octanol–water partition coefficient (Wildman–Crippen LogP) is 2.53. The summed E-state index contributed by atoms with van der Waals surface area (Å²) in [4.78, 5) is 0. The van der Waals surface area contributed by atoms with E-state index in [1.165, 1.54) is 5.56 Å². The van der Waals surface area contributed by atoms with Crippen molar-refractivity contribution in [3.63, 3.8) is 0 Å². The molecular formula is C12H17NO. The van der Waals surface area contributed by atoms with Gasteiger partial charge in [0, 0.05) is 11.6 Å². The standard InChI is InChI=1S/C12H17NO/c1-4-9-14-12-8-6-5-7-11(12)10(2)13-3/h4-8,10,13H,1,9H2,2-3H3. The second-order valence-electron chi connectivity index (χ2n) is 3.15. The summed E-state index contributed by atoms with van der Waals surface area (Å²) in [5.74, 6) is 0.925. The van der Waals surface area contributed by atoms with Crippen LogP contribution in [0.25, 0.3) is 0 Å². The van der Waals surface area contributed by atoms with Gasteiger partial charge in [-0.25, -0.2) is 0 Å². The van der Waals surface area contributed by atoms with Crippen LogP contribution in [0.15, 0.2) is 36.9 Å². The molecule has 0 bridgehead atoms. The number of ether oxygens (including phenoxy) is 1. The van der Waals surface area contributed by atoms with Gasteiger partial charge in [0.1, 0.15) is 12.4 Å². The Bertz CT molecular complexity index is 296. The van der Waals surface area contributed by atoms with Crippen LogP contribution in [0.1, 0.15) is 18.5 Å². The molecule has 0 saturated carbocycles. The minimum atomic E-state index is 0.302. The highest BCUT2D eigenvalue weighted by molar-refractivity contribution is 5.35. The quantitative estimate of drug-likeness (QED) is 0.722. The molecule has 1 atom stereocenters. The molecule has 1 aromatic rings. The molecule has 0 saturated heterocycles. The Morgan fingerprint density at radius 2 is 2.21 bits per heavy atom. The zero-order valence-electron chi connectivity index (χ0n) is 8.79. The first-order valence-electron chi connectivity index (χ1n) is 4.79. The van der Waals surface area contributed by atoms with E-state index in [0.717, 1.165) is 5.75 Å². The maximum absolute atomic E-state index is 5.55. The molecule has 0 aliphatic carbocycles. The smallest absolute Gasteiger partial charge is 0.124 e. The first kappa shape index (κ1) is 10.8. The van der Waals surface area contributed by atoms with Crippen molar-refractivity contribution >= 4 is 0 Å². The fourth-order valence-electron chi connectivity index (χ4n) is 1.27. The van der Waals surface area contributed by atoms with Crippen LogP contribution in [0, 0.1) is 0 Å². The van der Waals surface area contributed by atoms with E-state index in [9.17, 15) is 0 Å². The summed E-state index contributed by atoms with van der Waals surface area (Å²) in [6.45, 7) is 6.29. The van der Waals surface area contributed by atoms with Crippen LogP contribution in [-0.4, -0.2) is 13.7 Å². The van der Waals surface area contributed by atoms with E-state index in [0.29, 0.717) is 12.6 Å². The number of hydrogen-bond acceptors (Lipinski definition) is 2. The molecule has 1 aromatic carbocycles. The normalized spacial score (nSPS) is 12.1. The van der Waals surface area contributed by atoms with Gasteiger partial charge < -0.3 is 10.1 Å². The molecule has 2 nitrogen and oxygen atoms in total. The van der Waals surface area contributed by atoms with Gasteiger partial charge >= 0.3 is 0 Å². The maximum Gasteiger partial charge on any atom is 0.124 e. The molecule has 14 heavy (non-hydrogen) atoms. The Kier molecular flexibility index (Phi) is 4.20. The third-order valence-corrected chi connectivity index (χ3v) is 2.18. The van der Waals surface area contributed by atoms with Crippen molar-refractivity contribution in [1.82, 2.24) is 5.32 Å². The van der Waals surface area contributed by atoms with Crippen molar-refractivity contribution in [2.24, 2.45) is 0 Å². The van der Waals surface area contributed by atoms with E-state index in [1.807, 2.05) is 25.2 Å². The number of rotatable bonds is 5. The van der Waals surface area contributed by atoms with E-state index in [2.05, 4.69) is 24.9 Å². The molecule has 1 unspecified atom stereocenters. The highest BCUT2D eigenvalue weighted by Crippen LogP contribution is 2.24. The number of para-hydroxylation sites is 1. The monoisotopic (exact) mass is 191 g/mol. The van der Waals surface area contributed by atoms with Crippen molar-refractivity contribution < 1.29 is 4.74 Å². The highest BCUT2D eigenvalue weighted by atomic mass is 16.5. The van der Waals surface area contributed by atoms with Crippen molar-refractivity contribution in [3.05, 3.63) is 42.5 Å². The molecule has 76 valence electrons. The first-order chi connectivity index (χ1) is 6.79. The Morgan fingerprint density at radius 3 is 2.86 bits per heavy atom. The second kappa shape index (κ2) is 5.45. The minimum absolute atomic E-state index is 0.302. The van der Waals surface area contributed by atoms with Crippen molar-refractivity contribution in [1.29, 1.82) is 0 Å². The summed E-state index contributed by atoms with van der Waals surface area (Å²) in [6.07, 6.45) is 1.75. The highest BCUT2D eigenvalue weighted by Gasteiger charge is 2.07. The Hall–Kier alpha value is -1.28. The largest absolute Gasteiger partial charge is 0.489 e. The molecule has 0 aliphatic heterocycles. The predicted molar refractivity (Wildman–Crippen MR) is 59.6 cm³/mol. The van der Waals surface area contributed by atoms with E-state index >= 15 is 0 Å². The topological polar surface area (TPSA) is 21.3 Å². The first-order valence-corrected chi connectivity index (χ1v) is 4.79. The minimum Gasteiger partial charge on any atom is -0.489 e. The third kappa shape index (κ3) is 2.60. The van der Waals surface area contributed by atoms with Crippen molar-refractivity contribution in [2.75, 3.05) is 13.7 Å². The van der Waals surface area contributed by atoms with E-state index in [1.54, 1.807) is 6.08 Å². The molecule has 0 fully saturated rings. The molecule has 2 heteroatoms. The van der Waals surface area contributed by atoms with Gasteiger partial charge in [0.25, 0.3) is 0 Å². The summed E-state index contributed by atoms with van der Waals surface area (Å²) in [6, 6.07) is 8.34. The lowest BCUT2D eigenvalue weighted by Crippen LogP contribution is -2.13. The molecule has 0 aromatic heterocycles. The van der Waals surface area contributed by atoms with Crippen LogP contribution in [0.5, 0.6) is 5.75 Å².